The summed E-state index contributed by atoms with van der Waals surface area (Å²) >= 11 is 0. The highest BCUT2D eigenvalue weighted by Crippen LogP contribution is 2.19. The van der Waals surface area contributed by atoms with Gasteiger partial charge in [0, 0.05) is 36.3 Å². The lowest BCUT2D eigenvalue weighted by Crippen LogP contribution is -2.21. The summed E-state index contributed by atoms with van der Waals surface area (Å²) in [6.45, 7) is 6.09. The molecule has 144 valence electrons. The second-order valence-corrected chi connectivity index (χ2v) is 6.24. The summed E-state index contributed by atoms with van der Waals surface area (Å²) in [7, 11) is 0. The van der Waals surface area contributed by atoms with Crippen molar-refractivity contribution >= 4 is 28.8 Å². The van der Waals surface area contributed by atoms with Crippen LogP contribution < -0.4 is 15.5 Å². The molecule has 5 nitrogen and oxygen atoms in total. The van der Waals surface area contributed by atoms with Gasteiger partial charge in [0.25, 0.3) is 5.91 Å². The summed E-state index contributed by atoms with van der Waals surface area (Å²) in [6, 6.07) is 17.2. The Morgan fingerprint density at radius 2 is 1.75 bits per heavy atom. The number of halogens is 1. The van der Waals surface area contributed by atoms with E-state index in [2.05, 4.69) is 34.4 Å². The lowest BCUT2D eigenvalue weighted by molar-refractivity contribution is 0.102. The number of aromatic nitrogens is 1. The van der Waals surface area contributed by atoms with Crippen LogP contribution in [-0.4, -0.2) is 24.0 Å². The second-order valence-electron chi connectivity index (χ2n) is 6.24. The number of hydrogen-bond donors (Lipinski definition) is 2. The van der Waals surface area contributed by atoms with E-state index in [1.54, 1.807) is 24.3 Å². The van der Waals surface area contributed by atoms with Crippen molar-refractivity contribution in [1.82, 2.24) is 4.98 Å². The van der Waals surface area contributed by atoms with Crippen molar-refractivity contribution in [2.75, 3.05) is 28.6 Å². The monoisotopic (exact) mass is 378 g/mol. The van der Waals surface area contributed by atoms with Crippen molar-refractivity contribution < 1.29 is 9.18 Å². The molecule has 0 spiro atoms. The van der Waals surface area contributed by atoms with E-state index in [9.17, 15) is 9.18 Å². The van der Waals surface area contributed by atoms with Gasteiger partial charge in [-0.1, -0.05) is 6.07 Å². The third-order valence-electron chi connectivity index (χ3n) is 4.38. The Labute approximate surface area is 164 Å². The Morgan fingerprint density at radius 1 is 1.00 bits per heavy atom. The van der Waals surface area contributed by atoms with Gasteiger partial charge in [0.1, 0.15) is 11.6 Å². The van der Waals surface area contributed by atoms with Crippen LogP contribution in [0.25, 0.3) is 0 Å². The number of carbonyl (C=O) groups excluding carboxylic acids is 1. The van der Waals surface area contributed by atoms with Gasteiger partial charge in [-0.2, -0.15) is 0 Å². The first-order valence-electron chi connectivity index (χ1n) is 9.24. The summed E-state index contributed by atoms with van der Waals surface area (Å²) in [6.07, 6.45) is 1.49. The van der Waals surface area contributed by atoms with Crippen molar-refractivity contribution in [3.63, 3.8) is 0 Å². The van der Waals surface area contributed by atoms with E-state index in [4.69, 9.17) is 0 Å². The van der Waals surface area contributed by atoms with Crippen LogP contribution in [0, 0.1) is 5.82 Å². The van der Waals surface area contributed by atoms with Gasteiger partial charge >= 0.3 is 0 Å². The molecule has 6 heteroatoms. The minimum Gasteiger partial charge on any atom is -0.372 e. The van der Waals surface area contributed by atoms with Crippen molar-refractivity contribution in [1.29, 1.82) is 0 Å². The molecule has 0 aliphatic carbocycles. The maximum Gasteiger partial charge on any atom is 0.257 e. The number of anilines is 4. The molecule has 0 aliphatic rings. The minimum absolute atomic E-state index is 0.236. The van der Waals surface area contributed by atoms with Crippen LogP contribution in [0.5, 0.6) is 0 Å². The standard InChI is InChI=1S/C22H23FN4O/c1-3-27(4-2)20-11-9-18(10-12-20)26-22(28)16-8-13-21(24-15-16)25-19-7-5-6-17(23)14-19/h5-15H,3-4H2,1-2H3,(H,24,25)(H,26,28). The predicted octanol–water partition coefficient (Wildman–Crippen LogP) is 5.06. The van der Waals surface area contributed by atoms with Crippen LogP contribution in [0.1, 0.15) is 24.2 Å². The molecule has 0 saturated heterocycles. The number of amides is 1. The van der Waals surface area contributed by atoms with Crippen LogP contribution in [0.2, 0.25) is 0 Å². The van der Waals surface area contributed by atoms with Crippen LogP contribution >= 0.6 is 0 Å². The third kappa shape index (κ3) is 4.85. The molecule has 1 amide bonds. The van der Waals surface area contributed by atoms with Crippen molar-refractivity contribution in [3.8, 4) is 0 Å². The molecule has 2 N–H and O–H groups in total. The summed E-state index contributed by atoms with van der Waals surface area (Å²) in [5, 5.41) is 5.87. The SMILES string of the molecule is CCN(CC)c1ccc(NC(=O)c2ccc(Nc3cccc(F)c3)nc2)cc1. The zero-order valence-corrected chi connectivity index (χ0v) is 15.9. The highest BCUT2D eigenvalue weighted by Gasteiger charge is 2.08. The third-order valence-corrected chi connectivity index (χ3v) is 4.38. The molecule has 3 aromatic rings. The van der Waals surface area contributed by atoms with E-state index in [0.29, 0.717) is 17.1 Å². The number of rotatable bonds is 7. The van der Waals surface area contributed by atoms with E-state index in [1.807, 2.05) is 24.3 Å². The molecule has 1 heterocycles. The Morgan fingerprint density at radius 3 is 2.36 bits per heavy atom. The first-order chi connectivity index (χ1) is 13.6. The van der Waals surface area contributed by atoms with Gasteiger partial charge in [0.15, 0.2) is 0 Å². The maximum absolute atomic E-state index is 13.2. The van der Waals surface area contributed by atoms with E-state index in [1.165, 1.54) is 18.3 Å². The number of nitrogens with zero attached hydrogens (tertiary/aromatic N) is 2. The van der Waals surface area contributed by atoms with Crippen LogP contribution in [-0.2, 0) is 0 Å². The molecule has 28 heavy (non-hydrogen) atoms. The first-order valence-corrected chi connectivity index (χ1v) is 9.24. The lowest BCUT2D eigenvalue weighted by Gasteiger charge is -2.21. The molecule has 0 atom stereocenters. The molecule has 0 unspecified atom stereocenters. The second kappa shape index (κ2) is 8.99. The van der Waals surface area contributed by atoms with Crippen LogP contribution in [0.4, 0.5) is 27.3 Å². The van der Waals surface area contributed by atoms with Crippen molar-refractivity contribution in [2.45, 2.75) is 13.8 Å². The molecular weight excluding hydrogens is 355 g/mol. The van der Waals surface area contributed by atoms with Crippen LogP contribution in [0.15, 0.2) is 66.9 Å². The maximum atomic E-state index is 13.2. The van der Waals surface area contributed by atoms with Gasteiger partial charge in [-0.05, 0) is 68.4 Å². The predicted molar refractivity (Wildman–Crippen MR) is 112 cm³/mol. The van der Waals surface area contributed by atoms with Crippen LogP contribution in [0.3, 0.4) is 0 Å². The fourth-order valence-electron chi connectivity index (χ4n) is 2.86. The molecule has 3 rings (SSSR count). The number of pyridine rings is 1. The highest BCUT2D eigenvalue weighted by atomic mass is 19.1. The Hall–Kier alpha value is -3.41. The number of benzene rings is 2. The Bertz CT molecular complexity index is 922. The zero-order valence-electron chi connectivity index (χ0n) is 15.9. The number of carbonyl (C=O) groups is 1. The topological polar surface area (TPSA) is 57.3 Å². The number of hydrogen-bond acceptors (Lipinski definition) is 4. The van der Waals surface area contributed by atoms with E-state index < -0.39 is 0 Å². The molecule has 0 saturated carbocycles. The molecule has 0 radical (unpaired) electrons. The lowest BCUT2D eigenvalue weighted by atomic mass is 10.2. The fourth-order valence-corrected chi connectivity index (χ4v) is 2.86. The Kier molecular flexibility index (Phi) is 6.22. The highest BCUT2D eigenvalue weighted by molar-refractivity contribution is 6.04. The van der Waals surface area contributed by atoms with Crippen molar-refractivity contribution in [2.24, 2.45) is 0 Å². The summed E-state index contributed by atoms with van der Waals surface area (Å²) in [5.74, 6) is -0.0286. The number of nitrogens with one attached hydrogen (secondary N) is 2. The largest absolute Gasteiger partial charge is 0.372 e. The molecular formula is C22H23FN4O. The average Bonchev–Trinajstić information content (AvgIpc) is 2.71. The molecule has 2 aromatic carbocycles. The fraction of sp³-hybridized carbons (Fsp3) is 0.182. The smallest absolute Gasteiger partial charge is 0.257 e. The molecule has 1 aromatic heterocycles. The minimum atomic E-state index is -0.326. The van der Waals surface area contributed by atoms with Gasteiger partial charge in [0.2, 0.25) is 0 Å². The average molecular weight is 378 g/mol. The summed E-state index contributed by atoms with van der Waals surface area (Å²) in [5.41, 5.74) is 2.89. The molecule has 0 fully saturated rings. The molecule has 0 aliphatic heterocycles. The van der Waals surface area contributed by atoms with Gasteiger partial charge in [-0.15, -0.1) is 0 Å². The van der Waals surface area contributed by atoms with Gasteiger partial charge < -0.3 is 15.5 Å². The van der Waals surface area contributed by atoms with E-state index in [0.717, 1.165) is 24.5 Å². The van der Waals surface area contributed by atoms with E-state index in [-0.39, 0.29) is 11.7 Å². The molecule has 0 bridgehead atoms. The van der Waals surface area contributed by atoms with Gasteiger partial charge in [-0.3, -0.25) is 4.79 Å². The first kappa shape index (κ1) is 19.4. The quantitative estimate of drug-likeness (QED) is 0.603. The summed E-state index contributed by atoms with van der Waals surface area (Å²) < 4.78 is 13.2. The van der Waals surface area contributed by atoms with Gasteiger partial charge in [0.05, 0.1) is 5.56 Å². The zero-order chi connectivity index (χ0) is 19.9. The van der Waals surface area contributed by atoms with E-state index >= 15 is 0 Å². The van der Waals surface area contributed by atoms with Gasteiger partial charge in [-0.25, -0.2) is 9.37 Å². The van der Waals surface area contributed by atoms with Crippen molar-refractivity contribution in [3.05, 3.63) is 78.2 Å². The Balaban J connectivity index is 1.63. The normalized spacial score (nSPS) is 10.4. The summed E-state index contributed by atoms with van der Waals surface area (Å²) in [4.78, 5) is 18.9.